The van der Waals surface area contributed by atoms with Crippen LogP contribution in [0.3, 0.4) is 0 Å². The molecule has 0 spiro atoms. The molecule has 1 aliphatic carbocycles. The van der Waals surface area contributed by atoms with Gasteiger partial charge >= 0.3 is 6.18 Å². The molecule has 0 saturated heterocycles. The van der Waals surface area contributed by atoms with E-state index in [4.69, 9.17) is 14.3 Å². The van der Waals surface area contributed by atoms with Crippen LogP contribution >= 0.6 is 0 Å². The fourth-order valence-corrected chi connectivity index (χ4v) is 4.81. The van der Waals surface area contributed by atoms with E-state index in [0.717, 1.165) is 30.5 Å². The Kier molecular flexibility index (Phi) is 5.84. The minimum Gasteiger partial charge on any atom is -0.480 e. The van der Waals surface area contributed by atoms with Gasteiger partial charge in [0.1, 0.15) is 16.9 Å². The van der Waals surface area contributed by atoms with Gasteiger partial charge in [0, 0.05) is 0 Å². The molecule has 0 unspecified atom stereocenters. The second kappa shape index (κ2) is 8.05. The normalized spacial score (nSPS) is 16.2. The van der Waals surface area contributed by atoms with E-state index in [9.17, 15) is 13.2 Å². The van der Waals surface area contributed by atoms with Crippen molar-refractivity contribution in [1.29, 1.82) is 0 Å². The summed E-state index contributed by atoms with van der Waals surface area (Å²) < 4.78 is 53.2. The van der Waals surface area contributed by atoms with E-state index >= 15 is 0 Å². The number of rotatable bonds is 6. The Morgan fingerprint density at radius 3 is 2.18 bits per heavy atom. The summed E-state index contributed by atoms with van der Waals surface area (Å²) in [6.07, 6.45) is -2.87. The first kappa shape index (κ1) is 24.7. The molecule has 3 aromatic rings. The third kappa shape index (κ3) is 4.22. The van der Waals surface area contributed by atoms with E-state index in [1.165, 1.54) is 0 Å². The van der Waals surface area contributed by atoms with Crippen molar-refractivity contribution in [3.05, 3.63) is 46.9 Å². The topological polar surface area (TPSA) is 62.1 Å². The number of benzene rings is 1. The first-order valence-electron chi connectivity index (χ1n) is 11.3. The van der Waals surface area contributed by atoms with Gasteiger partial charge in [0.15, 0.2) is 14.0 Å². The van der Waals surface area contributed by atoms with Crippen molar-refractivity contribution in [2.75, 3.05) is 7.11 Å². The highest BCUT2D eigenvalue weighted by Gasteiger charge is 2.49. The molecule has 0 amide bonds. The molecular weight excluding hydrogens is 461 g/mol. The Morgan fingerprint density at radius 2 is 1.68 bits per heavy atom. The summed E-state index contributed by atoms with van der Waals surface area (Å²) in [5.74, 6) is 0.955. The third-order valence-corrected chi connectivity index (χ3v) is 11.6. The zero-order chi connectivity index (χ0) is 25.1. The van der Waals surface area contributed by atoms with Gasteiger partial charge in [-0.1, -0.05) is 32.9 Å². The Hall–Kier alpha value is -2.46. The number of nitrogens with zero attached hydrogens (tertiary/aromatic N) is 4. The molecule has 0 atom stereocenters. The van der Waals surface area contributed by atoms with Gasteiger partial charge in [-0.25, -0.2) is 9.67 Å². The van der Waals surface area contributed by atoms with Gasteiger partial charge in [0.25, 0.3) is 0 Å². The Morgan fingerprint density at radius 1 is 1.06 bits per heavy atom. The maximum absolute atomic E-state index is 13.1. The van der Waals surface area contributed by atoms with Crippen molar-refractivity contribution in [2.24, 2.45) is 0 Å². The van der Waals surface area contributed by atoms with Crippen molar-refractivity contribution in [1.82, 2.24) is 19.7 Å². The lowest BCUT2D eigenvalue weighted by molar-refractivity contribution is -0.137. The van der Waals surface area contributed by atoms with E-state index < -0.39 is 25.6 Å². The number of methoxy groups -OCH3 is 1. The Balaban J connectivity index is 1.81. The van der Waals surface area contributed by atoms with Crippen LogP contribution in [0.2, 0.25) is 18.1 Å². The molecule has 6 nitrogen and oxygen atoms in total. The molecule has 2 aromatic heterocycles. The van der Waals surface area contributed by atoms with Crippen molar-refractivity contribution in [3.8, 4) is 5.88 Å². The molecule has 184 valence electrons. The monoisotopic (exact) mass is 492 g/mol. The lowest BCUT2D eigenvalue weighted by Crippen LogP contribution is -2.40. The summed E-state index contributed by atoms with van der Waals surface area (Å²) >= 11 is 0. The van der Waals surface area contributed by atoms with Crippen LogP contribution in [0.1, 0.15) is 56.3 Å². The highest BCUT2D eigenvalue weighted by atomic mass is 28.4. The van der Waals surface area contributed by atoms with Crippen LogP contribution < -0.4 is 4.74 Å². The number of hydrogen-bond acceptors (Lipinski definition) is 5. The largest absolute Gasteiger partial charge is 0.480 e. The smallest absolute Gasteiger partial charge is 0.416 e. The van der Waals surface area contributed by atoms with Gasteiger partial charge in [0.2, 0.25) is 5.88 Å². The molecule has 1 saturated carbocycles. The van der Waals surface area contributed by atoms with E-state index in [-0.39, 0.29) is 11.6 Å². The maximum atomic E-state index is 13.1. The lowest BCUT2D eigenvalue weighted by Gasteiger charge is -2.35. The van der Waals surface area contributed by atoms with Crippen molar-refractivity contribution >= 4 is 19.4 Å². The van der Waals surface area contributed by atoms with Crippen LogP contribution in [0.15, 0.2) is 24.3 Å². The van der Waals surface area contributed by atoms with E-state index in [2.05, 4.69) is 43.8 Å². The van der Waals surface area contributed by atoms with Crippen LogP contribution in [-0.2, 0) is 22.7 Å². The van der Waals surface area contributed by atoms with Gasteiger partial charge in [-0.3, -0.25) is 0 Å². The Bertz CT molecular complexity index is 1210. The molecule has 1 aliphatic rings. The first-order chi connectivity index (χ1) is 15.7. The second-order valence-corrected chi connectivity index (χ2v) is 15.3. The summed E-state index contributed by atoms with van der Waals surface area (Å²) in [7, 11) is -0.505. The van der Waals surface area contributed by atoms with Gasteiger partial charge in [-0.05, 0) is 55.6 Å². The number of aryl methyl sites for hydroxylation is 1. The fourth-order valence-electron chi connectivity index (χ4n) is 3.88. The fraction of sp³-hybridized carbons (Fsp3) is 0.542. The number of halogens is 3. The second-order valence-electron chi connectivity index (χ2n) is 10.5. The molecule has 1 aromatic carbocycles. The van der Waals surface area contributed by atoms with Crippen molar-refractivity contribution in [3.63, 3.8) is 0 Å². The molecule has 4 rings (SSSR count). The molecular formula is C24H31F3N4O2Si. The summed E-state index contributed by atoms with van der Waals surface area (Å²) in [4.78, 5) is 9.12. The summed E-state index contributed by atoms with van der Waals surface area (Å²) in [5, 5.41) is 5.63. The molecule has 34 heavy (non-hydrogen) atoms. The quantitative estimate of drug-likeness (QED) is 0.382. The van der Waals surface area contributed by atoms with Crippen LogP contribution in [0.5, 0.6) is 5.88 Å². The van der Waals surface area contributed by atoms with Crippen molar-refractivity contribution < 1.29 is 22.3 Å². The molecule has 0 aliphatic heterocycles. The van der Waals surface area contributed by atoms with Gasteiger partial charge < -0.3 is 9.16 Å². The van der Waals surface area contributed by atoms with Gasteiger partial charge in [0.05, 0.1) is 24.8 Å². The average molecular weight is 493 g/mol. The number of alkyl halides is 3. The number of hydrogen-bond donors (Lipinski definition) is 0. The third-order valence-electron chi connectivity index (χ3n) is 7.13. The predicted octanol–water partition coefficient (Wildman–Crippen LogP) is 6.22. The zero-order valence-electron chi connectivity index (χ0n) is 20.7. The van der Waals surface area contributed by atoms with Crippen LogP contribution in [-0.4, -0.2) is 35.2 Å². The van der Waals surface area contributed by atoms with E-state index in [1.54, 1.807) is 26.2 Å². The maximum Gasteiger partial charge on any atom is 0.416 e. The standard InChI is InChI=1S/C24H31F3N4O2Si/c1-15-28-20-19(21(29-15)32-5)18(14-33-34(6,7)22(2,3)4)30-31(20)23(12-13-23)16-8-10-17(11-9-16)24(25,26)27/h8-11H,12-14H2,1-7H3. The van der Waals surface area contributed by atoms with Crippen LogP contribution in [0, 0.1) is 6.92 Å². The van der Waals surface area contributed by atoms with Gasteiger partial charge in [-0.2, -0.15) is 23.3 Å². The average Bonchev–Trinajstić information content (AvgIpc) is 3.46. The summed E-state index contributed by atoms with van der Waals surface area (Å²) in [6.45, 7) is 12.9. The molecule has 2 heterocycles. The van der Waals surface area contributed by atoms with Crippen molar-refractivity contribution in [2.45, 2.75) is 77.0 Å². The molecule has 1 fully saturated rings. The highest BCUT2D eigenvalue weighted by Crippen LogP contribution is 2.51. The number of aromatic nitrogens is 4. The molecule has 0 bridgehead atoms. The van der Waals surface area contributed by atoms with Crippen LogP contribution in [0.25, 0.3) is 11.0 Å². The minimum absolute atomic E-state index is 0.0283. The highest BCUT2D eigenvalue weighted by molar-refractivity contribution is 6.74. The number of fused-ring (bicyclic) bond motifs is 1. The SMILES string of the molecule is COc1nc(C)nc2c1c(CO[Si](C)(C)C(C)(C)C)nn2C1(c2ccc(C(F)(F)F)cc2)CC1. The summed E-state index contributed by atoms with van der Waals surface area (Å²) in [5.41, 5.74) is 0.840. The zero-order valence-corrected chi connectivity index (χ0v) is 21.7. The van der Waals surface area contributed by atoms with Crippen LogP contribution in [0.4, 0.5) is 13.2 Å². The van der Waals surface area contributed by atoms with E-state index in [0.29, 0.717) is 28.4 Å². The summed E-state index contributed by atoms with van der Waals surface area (Å²) in [6, 6.07) is 5.34. The predicted molar refractivity (Wildman–Crippen MR) is 126 cm³/mol. The first-order valence-corrected chi connectivity index (χ1v) is 14.2. The molecule has 0 radical (unpaired) electrons. The number of ether oxygens (including phenoxy) is 1. The van der Waals surface area contributed by atoms with E-state index in [1.807, 2.05) is 4.68 Å². The molecule has 0 N–H and O–H groups in total. The van der Waals surface area contributed by atoms with Gasteiger partial charge in [-0.15, -0.1) is 0 Å². The minimum atomic E-state index is -4.38. The molecule has 10 heteroatoms. The Labute approximate surface area is 198 Å². The lowest BCUT2D eigenvalue weighted by atomic mass is 10.0.